The molecule has 6 heteroatoms. The maximum atomic E-state index is 13.8. The summed E-state index contributed by atoms with van der Waals surface area (Å²) in [5, 5.41) is 0. The Hall–Kier alpha value is -1.53. The van der Waals surface area contributed by atoms with E-state index in [-0.39, 0.29) is 30.5 Å². The number of ether oxygens (including phenoxy) is 1. The molecule has 1 aromatic carbocycles. The van der Waals surface area contributed by atoms with Gasteiger partial charge in [0.15, 0.2) is 0 Å². The standard InChI is InChI=1S/C15H18F2N2O2/c16-10-2-1-9(13(17)5-10)6-19(11-3-4-11)15(20)12-7-21-8-14(12)18/h1-2,5,11-12,14H,3-4,6-8,18H2. The third-order valence-corrected chi connectivity index (χ3v) is 4.07. The fourth-order valence-corrected chi connectivity index (χ4v) is 2.64. The number of rotatable bonds is 4. The second-order valence-corrected chi connectivity index (χ2v) is 5.74. The molecule has 1 aliphatic carbocycles. The number of hydrogen-bond acceptors (Lipinski definition) is 3. The smallest absolute Gasteiger partial charge is 0.230 e. The summed E-state index contributed by atoms with van der Waals surface area (Å²) in [6.07, 6.45) is 1.83. The van der Waals surface area contributed by atoms with Crippen molar-refractivity contribution in [2.75, 3.05) is 13.2 Å². The highest BCUT2D eigenvalue weighted by Gasteiger charge is 2.40. The van der Waals surface area contributed by atoms with Crippen LogP contribution in [0.15, 0.2) is 18.2 Å². The first-order valence-corrected chi connectivity index (χ1v) is 7.14. The van der Waals surface area contributed by atoms with Crippen LogP contribution in [0.1, 0.15) is 18.4 Å². The van der Waals surface area contributed by atoms with Crippen LogP contribution in [0.25, 0.3) is 0 Å². The van der Waals surface area contributed by atoms with Gasteiger partial charge in [-0.25, -0.2) is 8.78 Å². The maximum absolute atomic E-state index is 13.8. The molecule has 2 unspecified atom stereocenters. The SMILES string of the molecule is NC1COCC1C(=O)N(Cc1ccc(F)cc1F)C1CC1. The molecule has 2 atom stereocenters. The number of halogens is 2. The largest absolute Gasteiger partial charge is 0.379 e. The second-order valence-electron chi connectivity index (χ2n) is 5.74. The lowest BCUT2D eigenvalue weighted by molar-refractivity contribution is -0.137. The Morgan fingerprint density at radius 1 is 1.33 bits per heavy atom. The summed E-state index contributed by atoms with van der Waals surface area (Å²) in [6.45, 7) is 0.841. The zero-order valence-corrected chi connectivity index (χ0v) is 11.6. The molecule has 2 N–H and O–H groups in total. The average molecular weight is 296 g/mol. The molecule has 0 aromatic heterocycles. The first kappa shape index (κ1) is 14.4. The van der Waals surface area contributed by atoms with E-state index in [1.54, 1.807) is 4.90 Å². The Balaban J connectivity index is 1.77. The molecule has 2 fully saturated rings. The Bertz CT molecular complexity index is 548. The summed E-state index contributed by atoms with van der Waals surface area (Å²) in [5.41, 5.74) is 6.21. The van der Waals surface area contributed by atoms with Gasteiger partial charge in [0, 0.05) is 30.3 Å². The van der Waals surface area contributed by atoms with Crippen molar-refractivity contribution in [1.82, 2.24) is 4.90 Å². The fourth-order valence-electron chi connectivity index (χ4n) is 2.64. The molecule has 2 aliphatic rings. The molecule has 1 aromatic rings. The normalized spacial score (nSPS) is 25.1. The van der Waals surface area contributed by atoms with Crippen molar-refractivity contribution in [3.63, 3.8) is 0 Å². The number of hydrogen-bond donors (Lipinski definition) is 1. The zero-order chi connectivity index (χ0) is 15.0. The van der Waals surface area contributed by atoms with Gasteiger partial charge in [-0.1, -0.05) is 6.07 Å². The molecule has 1 amide bonds. The van der Waals surface area contributed by atoms with Gasteiger partial charge in [0.05, 0.1) is 19.1 Å². The molecular weight excluding hydrogens is 278 g/mol. The lowest BCUT2D eigenvalue weighted by Gasteiger charge is -2.26. The predicted octanol–water partition coefficient (Wildman–Crippen LogP) is 1.43. The van der Waals surface area contributed by atoms with E-state index >= 15 is 0 Å². The molecule has 1 heterocycles. The lowest BCUT2D eigenvalue weighted by Crippen LogP contribution is -2.44. The molecule has 0 radical (unpaired) electrons. The van der Waals surface area contributed by atoms with Crippen molar-refractivity contribution in [3.8, 4) is 0 Å². The predicted molar refractivity (Wildman–Crippen MR) is 72.2 cm³/mol. The molecular formula is C15H18F2N2O2. The summed E-state index contributed by atoms with van der Waals surface area (Å²) in [5.74, 6) is -1.70. The molecule has 21 heavy (non-hydrogen) atoms. The number of benzene rings is 1. The van der Waals surface area contributed by atoms with Crippen molar-refractivity contribution in [1.29, 1.82) is 0 Å². The van der Waals surface area contributed by atoms with Crippen LogP contribution in [0.3, 0.4) is 0 Å². The van der Waals surface area contributed by atoms with Gasteiger partial charge >= 0.3 is 0 Å². The van der Waals surface area contributed by atoms with E-state index in [2.05, 4.69) is 0 Å². The summed E-state index contributed by atoms with van der Waals surface area (Å²) in [6, 6.07) is 3.26. The van der Waals surface area contributed by atoms with Crippen LogP contribution in [-0.2, 0) is 16.1 Å². The van der Waals surface area contributed by atoms with Crippen LogP contribution in [0.5, 0.6) is 0 Å². The molecule has 4 nitrogen and oxygen atoms in total. The van der Waals surface area contributed by atoms with E-state index in [1.807, 2.05) is 0 Å². The molecule has 1 saturated carbocycles. The first-order valence-electron chi connectivity index (χ1n) is 7.14. The van der Waals surface area contributed by atoms with Crippen molar-refractivity contribution >= 4 is 5.91 Å². The van der Waals surface area contributed by atoms with Crippen molar-refractivity contribution in [2.45, 2.75) is 31.5 Å². The number of amides is 1. The van der Waals surface area contributed by atoms with Gasteiger partial charge in [0.1, 0.15) is 11.6 Å². The zero-order valence-electron chi connectivity index (χ0n) is 11.6. The molecule has 1 aliphatic heterocycles. The van der Waals surface area contributed by atoms with E-state index < -0.39 is 11.6 Å². The van der Waals surface area contributed by atoms with Gasteiger partial charge in [-0.05, 0) is 18.9 Å². The van der Waals surface area contributed by atoms with Crippen LogP contribution in [-0.4, -0.2) is 36.1 Å². The van der Waals surface area contributed by atoms with Gasteiger partial charge in [-0.3, -0.25) is 4.79 Å². The number of nitrogens with zero attached hydrogens (tertiary/aromatic N) is 1. The summed E-state index contributed by atoms with van der Waals surface area (Å²) < 4.78 is 32.0. The highest BCUT2D eigenvalue weighted by atomic mass is 19.1. The summed E-state index contributed by atoms with van der Waals surface area (Å²) in [7, 11) is 0. The highest BCUT2D eigenvalue weighted by molar-refractivity contribution is 5.80. The third-order valence-electron chi connectivity index (χ3n) is 4.07. The minimum atomic E-state index is -0.625. The maximum Gasteiger partial charge on any atom is 0.230 e. The van der Waals surface area contributed by atoms with Gasteiger partial charge in [0.25, 0.3) is 0 Å². The van der Waals surface area contributed by atoms with E-state index in [1.165, 1.54) is 12.1 Å². The molecule has 0 bridgehead atoms. The van der Waals surface area contributed by atoms with E-state index in [0.717, 1.165) is 18.9 Å². The molecule has 0 spiro atoms. The van der Waals surface area contributed by atoms with Gasteiger partial charge in [-0.15, -0.1) is 0 Å². The Labute approximate surface area is 121 Å². The fraction of sp³-hybridized carbons (Fsp3) is 0.533. The Kier molecular flexibility index (Phi) is 3.91. The van der Waals surface area contributed by atoms with E-state index in [0.29, 0.717) is 18.8 Å². The topological polar surface area (TPSA) is 55.6 Å². The quantitative estimate of drug-likeness (QED) is 0.914. The van der Waals surface area contributed by atoms with Gasteiger partial charge in [0.2, 0.25) is 5.91 Å². The first-order chi connectivity index (χ1) is 10.1. The summed E-state index contributed by atoms with van der Waals surface area (Å²) in [4.78, 5) is 14.3. The van der Waals surface area contributed by atoms with Crippen molar-refractivity contribution in [3.05, 3.63) is 35.4 Å². The van der Waals surface area contributed by atoms with Crippen LogP contribution in [0.4, 0.5) is 8.78 Å². The molecule has 114 valence electrons. The van der Waals surface area contributed by atoms with Crippen molar-refractivity contribution < 1.29 is 18.3 Å². The van der Waals surface area contributed by atoms with Gasteiger partial charge < -0.3 is 15.4 Å². The Morgan fingerprint density at radius 3 is 2.67 bits per heavy atom. The van der Waals surface area contributed by atoms with Crippen LogP contribution < -0.4 is 5.73 Å². The number of carbonyl (C=O) groups excluding carboxylic acids is 1. The van der Waals surface area contributed by atoms with Crippen molar-refractivity contribution in [2.24, 2.45) is 11.7 Å². The van der Waals surface area contributed by atoms with E-state index in [9.17, 15) is 13.6 Å². The minimum absolute atomic E-state index is 0.0915. The second kappa shape index (κ2) is 5.69. The van der Waals surface area contributed by atoms with Crippen LogP contribution >= 0.6 is 0 Å². The summed E-state index contributed by atoms with van der Waals surface area (Å²) >= 11 is 0. The van der Waals surface area contributed by atoms with E-state index in [4.69, 9.17) is 10.5 Å². The number of nitrogens with two attached hydrogens (primary N) is 1. The lowest BCUT2D eigenvalue weighted by atomic mass is 10.0. The Morgan fingerprint density at radius 2 is 2.10 bits per heavy atom. The van der Waals surface area contributed by atoms with Crippen LogP contribution in [0, 0.1) is 17.6 Å². The van der Waals surface area contributed by atoms with Gasteiger partial charge in [-0.2, -0.15) is 0 Å². The minimum Gasteiger partial charge on any atom is -0.379 e. The average Bonchev–Trinajstić information content (AvgIpc) is 3.19. The monoisotopic (exact) mass is 296 g/mol. The highest BCUT2D eigenvalue weighted by Crippen LogP contribution is 2.31. The van der Waals surface area contributed by atoms with Crippen LogP contribution in [0.2, 0.25) is 0 Å². The number of carbonyl (C=O) groups is 1. The molecule has 3 rings (SSSR count). The molecule has 1 saturated heterocycles. The third kappa shape index (κ3) is 3.06.